The lowest BCUT2D eigenvalue weighted by atomic mass is 10.1. The summed E-state index contributed by atoms with van der Waals surface area (Å²) in [5, 5.41) is 5.66. The quantitative estimate of drug-likeness (QED) is 0.358. The van der Waals surface area contributed by atoms with E-state index in [0.29, 0.717) is 19.4 Å². The van der Waals surface area contributed by atoms with Gasteiger partial charge in [0, 0.05) is 12.2 Å². The number of anilines is 1. The van der Waals surface area contributed by atoms with Crippen molar-refractivity contribution in [1.82, 2.24) is 10.0 Å². The molecule has 2 aromatic carbocycles. The zero-order valence-electron chi connectivity index (χ0n) is 19.8. The Morgan fingerprint density at radius 1 is 0.939 bits per heavy atom. The molecule has 0 aliphatic carbocycles. The molecule has 0 aliphatic rings. The van der Waals surface area contributed by atoms with E-state index >= 15 is 0 Å². The molecule has 3 N–H and O–H groups in total. The number of ether oxygens (including phenoxy) is 1. The molecule has 0 aromatic heterocycles. The third-order valence-corrected chi connectivity index (χ3v) is 6.72. The summed E-state index contributed by atoms with van der Waals surface area (Å²) in [5.74, 6) is -0.651. The topological polar surface area (TPSA) is 114 Å². The van der Waals surface area contributed by atoms with Gasteiger partial charge in [-0.05, 0) is 70.2 Å². The largest absolute Gasteiger partial charge is 0.468 e. The Morgan fingerprint density at radius 2 is 1.55 bits per heavy atom. The van der Waals surface area contributed by atoms with E-state index in [1.165, 1.54) is 19.2 Å². The fourth-order valence-corrected chi connectivity index (χ4v) is 4.77. The number of carbonyl (C=O) groups excluding carboxylic acids is 2. The Hall–Kier alpha value is -2.91. The number of methoxy groups -OCH3 is 1. The van der Waals surface area contributed by atoms with Crippen LogP contribution >= 0.6 is 0 Å². The maximum atomic E-state index is 12.6. The SMILES string of the molecule is COC(=O)C(CCCCNC(=O)Nc1c(C)cc(C)cc1C)NS(=O)(=O)c1ccc(C)cc1. The lowest BCUT2D eigenvalue weighted by Gasteiger charge is -2.17. The first-order valence-electron chi connectivity index (χ1n) is 10.8. The summed E-state index contributed by atoms with van der Waals surface area (Å²) in [4.78, 5) is 24.4. The first kappa shape index (κ1) is 26.3. The highest BCUT2D eigenvalue weighted by Gasteiger charge is 2.26. The molecule has 180 valence electrons. The molecule has 0 aliphatic heterocycles. The van der Waals surface area contributed by atoms with E-state index in [9.17, 15) is 18.0 Å². The molecule has 2 aromatic rings. The summed E-state index contributed by atoms with van der Waals surface area (Å²) in [6.07, 6.45) is 1.33. The molecule has 1 unspecified atom stereocenters. The molecule has 0 radical (unpaired) electrons. The maximum absolute atomic E-state index is 12.6. The van der Waals surface area contributed by atoms with Crippen LogP contribution in [0.25, 0.3) is 0 Å². The van der Waals surface area contributed by atoms with Gasteiger partial charge in [0.25, 0.3) is 0 Å². The molecule has 2 amide bonds. The number of amides is 2. The fourth-order valence-electron chi connectivity index (χ4n) is 3.55. The van der Waals surface area contributed by atoms with Crippen molar-refractivity contribution in [2.75, 3.05) is 19.0 Å². The second-order valence-corrected chi connectivity index (χ2v) is 9.87. The van der Waals surface area contributed by atoms with E-state index in [-0.39, 0.29) is 17.3 Å². The Kier molecular flexibility index (Phi) is 9.43. The molecule has 33 heavy (non-hydrogen) atoms. The molecule has 0 saturated carbocycles. The second kappa shape index (κ2) is 11.8. The van der Waals surface area contributed by atoms with Gasteiger partial charge in [-0.1, -0.05) is 35.4 Å². The zero-order valence-corrected chi connectivity index (χ0v) is 20.6. The normalized spacial score (nSPS) is 12.2. The van der Waals surface area contributed by atoms with Crippen molar-refractivity contribution >= 4 is 27.7 Å². The van der Waals surface area contributed by atoms with Gasteiger partial charge in [-0.25, -0.2) is 13.2 Å². The van der Waals surface area contributed by atoms with Gasteiger partial charge < -0.3 is 15.4 Å². The van der Waals surface area contributed by atoms with E-state index in [1.54, 1.807) is 12.1 Å². The standard InChI is InChI=1S/C24H33N3O5S/c1-16-9-11-20(12-10-16)33(30,31)27-21(23(28)32-5)8-6-7-13-25-24(29)26-22-18(3)14-17(2)15-19(22)4/h9-12,14-15,21,27H,6-8,13H2,1-5H3,(H2,25,26,29). The highest BCUT2D eigenvalue weighted by molar-refractivity contribution is 7.89. The number of esters is 1. The van der Waals surface area contributed by atoms with Crippen molar-refractivity contribution in [3.63, 3.8) is 0 Å². The summed E-state index contributed by atoms with van der Waals surface area (Å²) >= 11 is 0. The molecular weight excluding hydrogens is 442 g/mol. The molecule has 2 rings (SSSR count). The molecule has 0 spiro atoms. The van der Waals surface area contributed by atoms with Gasteiger partial charge in [-0.15, -0.1) is 0 Å². The van der Waals surface area contributed by atoms with Gasteiger partial charge in [-0.3, -0.25) is 4.79 Å². The number of unbranched alkanes of at least 4 members (excludes halogenated alkanes) is 1. The summed E-state index contributed by atoms with van der Waals surface area (Å²) in [6.45, 7) is 8.14. The second-order valence-electron chi connectivity index (χ2n) is 8.16. The van der Waals surface area contributed by atoms with Crippen LogP contribution < -0.4 is 15.4 Å². The third-order valence-electron chi connectivity index (χ3n) is 5.24. The van der Waals surface area contributed by atoms with Gasteiger partial charge in [-0.2, -0.15) is 4.72 Å². The molecule has 0 fully saturated rings. The molecule has 8 nitrogen and oxygen atoms in total. The van der Waals surface area contributed by atoms with Crippen LogP contribution in [0.15, 0.2) is 41.3 Å². The Balaban J connectivity index is 1.85. The molecule has 0 bridgehead atoms. The smallest absolute Gasteiger partial charge is 0.323 e. The van der Waals surface area contributed by atoms with Crippen LogP contribution in [0.3, 0.4) is 0 Å². The predicted molar refractivity (Wildman–Crippen MR) is 129 cm³/mol. The number of hydrogen-bond acceptors (Lipinski definition) is 5. The van der Waals surface area contributed by atoms with Gasteiger partial charge in [0.1, 0.15) is 6.04 Å². The molecule has 9 heteroatoms. The van der Waals surface area contributed by atoms with Crippen molar-refractivity contribution in [1.29, 1.82) is 0 Å². The van der Waals surface area contributed by atoms with Crippen LogP contribution in [-0.2, 0) is 19.6 Å². The van der Waals surface area contributed by atoms with Crippen molar-refractivity contribution in [3.05, 3.63) is 58.7 Å². The number of sulfonamides is 1. The van der Waals surface area contributed by atoms with E-state index in [1.807, 2.05) is 39.8 Å². The number of aryl methyl sites for hydroxylation is 4. The number of carbonyl (C=O) groups is 2. The minimum atomic E-state index is -3.86. The van der Waals surface area contributed by atoms with Gasteiger partial charge in [0.15, 0.2) is 0 Å². The fraction of sp³-hybridized carbons (Fsp3) is 0.417. The minimum absolute atomic E-state index is 0.0852. The van der Waals surface area contributed by atoms with Gasteiger partial charge in [0.2, 0.25) is 10.0 Å². The summed E-state index contributed by atoms with van der Waals surface area (Å²) in [7, 11) is -2.65. The van der Waals surface area contributed by atoms with E-state index in [0.717, 1.165) is 27.9 Å². The monoisotopic (exact) mass is 475 g/mol. The van der Waals surface area contributed by atoms with Crippen LogP contribution in [0.4, 0.5) is 10.5 Å². The van der Waals surface area contributed by atoms with Crippen LogP contribution in [-0.4, -0.2) is 40.1 Å². The number of urea groups is 1. The Bertz CT molecular complexity index is 1060. The third kappa shape index (κ3) is 7.87. The molecule has 1 atom stereocenters. The van der Waals surface area contributed by atoms with Crippen molar-refractivity contribution in [3.8, 4) is 0 Å². The van der Waals surface area contributed by atoms with Crippen molar-refractivity contribution < 1.29 is 22.7 Å². The van der Waals surface area contributed by atoms with Crippen LogP contribution in [0.5, 0.6) is 0 Å². The predicted octanol–water partition coefficient (Wildman–Crippen LogP) is 3.73. The molecule has 0 heterocycles. The summed E-state index contributed by atoms with van der Waals surface area (Å²) in [6, 6.07) is 9.07. The Morgan fingerprint density at radius 3 is 2.12 bits per heavy atom. The van der Waals surface area contributed by atoms with E-state index < -0.39 is 22.0 Å². The zero-order chi connectivity index (χ0) is 24.6. The first-order chi connectivity index (χ1) is 15.5. The Labute approximate surface area is 196 Å². The lowest BCUT2D eigenvalue weighted by Crippen LogP contribution is -2.41. The maximum Gasteiger partial charge on any atom is 0.323 e. The number of nitrogens with one attached hydrogen (secondary N) is 3. The summed E-state index contributed by atoms with van der Waals surface area (Å²) < 4.78 is 32.4. The van der Waals surface area contributed by atoms with Gasteiger partial charge >= 0.3 is 12.0 Å². The number of benzene rings is 2. The average Bonchev–Trinajstić information content (AvgIpc) is 2.74. The minimum Gasteiger partial charge on any atom is -0.468 e. The average molecular weight is 476 g/mol. The number of rotatable bonds is 10. The van der Waals surface area contributed by atoms with Gasteiger partial charge in [0.05, 0.1) is 12.0 Å². The highest BCUT2D eigenvalue weighted by Crippen LogP contribution is 2.21. The lowest BCUT2D eigenvalue weighted by molar-refractivity contribution is -0.142. The van der Waals surface area contributed by atoms with Crippen molar-refractivity contribution in [2.24, 2.45) is 0 Å². The molecule has 0 saturated heterocycles. The highest BCUT2D eigenvalue weighted by atomic mass is 32.2. The van der Waals surface area contributed by atoms with Crippen molar-refractivity contribution in [2.45, 2.75) is 57.9 Å². The number of hydrogen-bond donors (Lipinski definition) is 3. The van der Waals surface area contributed by atoms with E-state index in [2.05, 4.69) is 15.4 Å². The molecular formula is C24H33N3O5S. The van der Waals surface area contributed by atoms with E-state index in [4.69, 9.17) is 4.74 Å². The first-order valence-corrected chi connectivity index (χ1v) is 12.3. The summed E-state index contributed by atoms with van der Waals surface area (Å²) in [5.41, 5.74) is 4.83. The van der Waals surface area contributed by atoms with Crippen LogP contribution in [0.2, 0.25) is 0 Å². The van der Waals surface area contributed by atoms with Crippen LogP contribution in [0, 0.1) is 27.7 Å². The van der Waals surface area contributed by atoms with Crippen LogP contribution in [0.1, 0.15) is 41.5 Å².